The van der Waals surface area contributed by atoms with E-state index in [2.05, 4.69) is 4.74 Å². The lowest BCUT2D eigenvalue weighted by Gasteiger charge is -2.33. The number of hydrogen-bond donors (Lipinski definition) is 1. The number of aliphatic hydroxyl groups is 1. The molecule has 1 amide bonds. The number of amides is 1. The van der Waals surface area contributed by atoms with Crippen LogP contribution in [0.4, 0.5) is 22.0 Å². The zero-order valence-corrected chi connectivity index (χ0v) is 18.1. The van der Waals surface area contributed by atoms with Gasteiger partial charge in [-0.1, -0.05) is 11.8 Å². The Kier molecular flexibility index (Phi) is 6.42. The van der Waals surface area contributed by atoms with Crippen LogP contribution in [-0.2, 0) is 14.3 Å². The summed E-state index contributed by atoms with van der Waals surface area (Å²) >= 11 is 1.05. The van der Waals surface area contributed by atoms with Crippen molar-refractivity contribution in [3.63, 3.8) is 0 Å². The molecule has 4 rings (SSSR count). The first-order valence-electron chi connectivity index (χ1n) is 9.63. The van der Waals surface area contributed by atoms with Crippen molar-refractivity contribution in [1.29, 1.82) is 0 Å². The highest BCUT2D eigenvalue weighted by molar-refractivity contribution is 8.03. The van der Waals surface area contributed by atoms with Crippen molar-refractivity contribution in [2.24, 2.45) is 0 Å². The maximum absolute atomic E-state index is 13.7. The van der Waals surface area contributed by atoms with Crippen LogP contribution >= 0.6 is 11.8 Å². The summed E-state index contributed by atoms with van der Waals surface area (Å²) in [5.41, 5.74) is -0.547. The third kappa shape index (κ3) is 4.41. The number of benzene rings is 2. The van der Waals surface area contributed by atoms with E-state index in [-0.39, 0.29) is 34.4 Å². The van der Waals surface area contributed by atoms with Gasteiger partial charge in [-0.25, -0.2) is 22.8 Å². The molecular weight excluding hydrogens is 505 g/mol. The summed E-state index contributed by atoms with van der Waals surface area (Å²) in [7, 11) is 0. The SMILES string of the molecule is C[C@H](O)OC(=O)C1=C(Oc2ccc(C(=O)Oc3c(F)c(F)c(F)c(F)c3F)cc2)S[C@@H]2CC(=O)N12. The second kappa shape index (κ2) is 9.19. The lowest BCUT2D eigenvalue weighted by Crippen LogP contribution is -2.48. The summed E-state index contributed by atoms with van der Waals surface area (Å²) in [6.45, 7) is 1.20. The summed E-state index contributed by atoms with van der Waals surface area (Å²) in [5.74, 6) is -16.0. The predicted octanol–water partition coefficient (Wildman–Crippen LogP) is 3.34. The molecule has 0 bridgehead atoms. The molecule has 35 heavy (non-hydrogen) atoms. The smallest absolute Gasteiger partial charge is 0.361 e. The van der Waals surface area contributed by atoms with E-state index in [1.807, 2.05) is 0 Å². The van der Waals surface area contributed by atoms with Crippen molar-refractivity contribution in [1.82, 2.24) is 4.90 Å². The number of hydrogen-bond acceptors (Lipinski definition) is 8. The average Bonchev–Trinajstić information content (AvgIpc) is 3.11. The van der Waals surface area contributed by atoms with Crippen molar-refractivity contribution < 1.29 is 55.7 Å². The van der Waals surface area contributed by atoms with E-state index < -0.39 is 58.4 Å². The lowest BCUT2D eigenvalue weighted by atomic mass is 10.2. The van der Waals surface area contributed by atoms with Crippen LogP contribution in [0.2, 0.25) is 0 Å². The van der Waals surface area contributed by atoms with Crippen LogP contribution in [0.5, 0.6) is 11.5 Å². The first kappa shape index (κ1) is 24.5. The number of nitrogens with zero attached hydrogens (tertiary/aromatic N) is 1. The number of halogens is 5. The molecule has 0 saturated carbocycles. The van der Waals surface area contributed by atoms with E-state index >= 15 is 0 Å². The molecule has 0 aromatic heterocycles. The Balaban J connectivity index is 1.53. The summed E-state index contributed by atoms with van der Waals surface area (Å²) < 4.78 is 81.9. The number of thioether (sulfide) groups is 1. The minimum Gasteiger partial charge on any atom is -0.448 e. The van der Waals surface area contributed by atoms with Gasteiger partial charge in [0.05, 0.1) is 17.4 Å². The molecular formula is C21H12F5NO7S. The standard InChI is InChI=1S/C21H12F5NO7S/c1-7(28)32-20(31)17-21(35-11-6-10(29)27(11)17)33-9-4-2-8(3-5-9)19(30)34-18-15(25)13(23)12(22)14(24)16(18)26/h2-5,7,11,28H,6H2,1H3/t7-,11-/m1/s1. The van der Waals surface area contributed by atoms with Gasteiger partial charge in [0.2, 0.25) is 40.7 Å². The molecule has 2 aliphatic rings. The highest BCUT2D eigenvalue weighted by Crippen LogP contribution is 2.47. The van der Waals surface area contributed by atoms with Crippen LogP contribution < -0.4 is 9.47 Å². The van der Waals surface area contributed by atoms with Gasteiger partial charge >= 0.3 is 11.9 Å². The number of aliphatic hydroxyl groups excluding tert-OH is 1. The number of carbonyl (C=O) groups is 3. The van der Waals surface area contributed by atoms with Gasteiger partial charge in [-0.3, -0.25) is 9.69 Å². The van der Waals surface area contributed by atoms with Crippen LogP contribution in [0.1, 0.15) is 23.7 Å². The second-order valence-corrected chi connectivity index (χ2v) is 8.25. The predicted molar refractivity (Wildman–Crippen MR) is 106 cm³/mol. The summed E-state index contributed by atoms with van der Waals surface area (Å²) in [4.78, 5) is 37.5. The molecule has 0 aliphatic carbocycles. The van der Waals surface area contributed by atoms with Gasteiger partial charge in [-0.05, 0) is 31.2 Å². The number of esters is 2. The van der Waals surface area contributed by atoms with Gasteiger partial charge < -0.3 is 19.3 Å². The molecule has 8 nitrogen and oxygen atoms in total. The Hall–Kier alpha value is -3.65. The van der Waals surface area contributed by atoms with Crippen molar-refractivity contribution >= 4 is 29.6 Å². The summed E-state index contributed by atoms with van der Waals surface area (Å²) in [6, 6.07) is 4.52. The fraction of sp³-hybridized carbons (Fsp3) is 0.190. The van der Waals surface area contributed by atoms with Crippen LogP contribution in [0.3, 0.4) is 0 Å². The minimum atomic E-state index is -2.40. The number of carbonyl (C=O) groups excluding carboxylic acids is 3. The third-order valence-electron chi connectivity index (χ3n) is 4.72. The molecule has 0 unspecified atom stereocenters. The van der Waals surface area contributed by atoms with Gasteiger partial charge in [0.25, 0.3) is 0 Å². The van der Waals surface area contributed by atoms with Crippen LogP contribution in [-0.4, -0.2) is 39.5 Å². The molecule has 2 heterocycles. The van der Waals surface area contributed by atoms with Crippen molar-refractivity contribution in [2.45, 2.75) is 25.0 Å². The average molecular weight is 517 g/mol. The first-order chi connectivity index (χ1) is 16.5. The number of ether oxygens (including phenoxy) is 3. The largest absolute Gasteiger partial charge is 0.448 e. The summed E-state index contributed by atoms with van der Waals surface area (Å²) in [6.07, 6.45) is -1.30. The number of β-lactam (4-membered cyclic amide) rings is 1. The topological polar surface area (TPSA) is 102 Å². The molecule has 1 fully saturated rings. The Labute approximate surface area is 196 Å². The fourth-order valence-electron chi connectivity index (χ4n) is 3.08. The fourth-order valence-corrected chi connectivity index (χ4v) is 4.32. The minimum absolute atomic E-state index is 0.0109. The summed E-state index contributed by atoms with van der Waals surface area (Å²) in [5, 5.41) is 8.88. The maximum atomic E-state index is 13.7. The highest BCUT2D eigenvalue weighted by atomic mass is 32.2. The molecule has 14 heteroatoms. The van der Waals surface area contributed by atoms with Crippen LogP contribution in [0.25, 0.3) is 0 Å². The molecule has 1 saturated heterocycles. The van der Waals surface area contributed by atoms with Crippen molar-refractivity contribution in [3.8, 4) is 11.5 Å². The van der Waals surface area contributed by atoms with E-state index in [4.69, 9.17) is 9.47 Å². The molecule has 2 aromatic rings. The van der Waals surface area contributed by atoms with E-state index in [0.29, 0.717) is 0 Å². The lowest BCUT2D eigenvalue weighted by molar-refractivity contribution is -0.165. The second-order valence-electron chi connectivity index (χ2n) is 7.10. The Morgan fingerprint density at radius 3 is 2.11 bits per heavy atom. The quantitative estimate of drug-likeness (QED) is 0.118. The number of rotatable bonds is 6. The third-order valence-corrected chi connectivity index (χ3v) is 5.86. The van der Waals surface area contributed by atoms with Gasteiger partial charge in [-0.15, -0.1) is 0 Å². The van der Waals surface area contributed by atoms with Gasteiger partial charge in [0.15, 0.2) is 17.1 Å². The Bertz CT molecular complexity index is 1250. The molecule has 2 aliphatic heterocycles. The normalized spacial score (nSPS) is 17.6. The van der Waals surface area contributed by atoms with Crippen molar-refractivity contribution in [3.05, 3.63) is 69.7 Å². The zero-order chi connectivity index (χ0) is 25.6. The first-order valence-corrected chi connectivity index (χ1v) is 10.5. The Morgan fingerprint density at radius 2 is 1.57 bits per heavy atom. The molecule has 1 N–H and O–H groups in total. The monoisotopic (exact) mass is 517 g/mol. The van der Waals surface area contributed by atoms with E-state index in [0.717, 1.165) is 28.8 Å². The van der Waals surface area contributed by atoms with Crippen LogP contribution in [0.15, 0.2) is 35.1 Å². The molecule has 184 valence electrons. The Morgan fingerprint density at radius 1 is 1.00 bits per heavy atom. The molecule has 2 atom stereocenters. The van der Waals surface area contributed by atoms with Crippen molar-refractivity contribution in [2.75, 3.05) is 0 Å². The van der Waals surface area contributed by atoms with Gasteiger partial charge in [0, 0.05) is 0 Å². The number of fused-ring (bicyclic) bond motifs is 1. The van der Waals surface area contributed by atoms with E-state index in [9.17, 15) is 41.4 Å². The van der Waals surface area contributed by atoms with E-state index in [1.54, 1.807) is 0 Å². The van der Waals surface area contributed by atoms with E-state index in [1.165, 1.54) is 19.1 Å². The molecule has 2 aromatic carbocycles. The van der Waals surface area contributed by atoms with Crippen LogP contribution in [0, 0.1) is 29.1 Å². The highest BCUT2D eigenvalue weighted by Gasteiger charge is 2.50. The molecule has 0 radical (unpaired) electrons. The maximum Gasteiger partial charge on any atom is 0.361 e. The van der Waals surface area contributed by atoms with Gasteiger partial charge in [-0.2, -0.15) is 8.78 Å². The van der Waals surface area contributed by atoms with Gasteiger partial charge in [0.1, 0.15) is 5.75 Å². The molecule has 0 spiro atoms. The zero-order valence-electron chi connectivity index (χ0n) is 17.3.